The lowest BCUT2D eigenvalue weighted by Gasteiger charge is -2.21. The van der Waals surface area contributed by atoms with Crippen molar-refractivity contribution in [2.24, 2.45) is 9.98 Å². The smallest absolute Gasteiger partial charge is 0.271 e. The molecule has 0 saturated heterocycles. The molecule has 2 aliphatic rings. The standard InChI is InChI=1S/C22H11N3O3S/c26-25(27)12-9-10-17-16(11-12)24-19-13-5-1-2-6-14(13)20-22(21(19)28-17)29-18-8-4-3-7-15(18)23-20/h1-11H. The zero-order valence-electron chi connectivity index (χ0n) is 14.8. The highest BCUT2D eigenvalue weighted by atomic mass is 32.2. The van der Waals surface area contributed by atoms with Crippen LogP contribution in [-0.4, -0.2) is 4.92 Å². The molecule has 0 aromatic heterocycles. The fourth-order valence-corrected chi connectivity index (χ4v) is 4.72. The number of fused-ring (bicyclic) bond motifs is 8. The molecule has 0 spiro atoms. The molecule has 0 atom stereocenters. The van der Waals surface area contributed by atoms with E-state index in [9.17, 15) is 10.1 Å². The van der Waals surface area contributed by atoms with Crippen LogP contribution in [0.5, 0.6) is 11.5 Å². The van der Waals surface area contributed by atoms with Gasteiger partial charge in [0.1, 0.15) is 11.0 Å². The largest absolute Gasteiger partial charge is 0.452 e. The Labute approximate surface area is 168 Å². The zero-order chi connectivity index (χ0) is 19.5. The second-order valence-corrected chi connectivity index (χ2v) is 7.76. The van der Waals surface area contributed by atoms with Crippen molar-refractivity contribution in [2.45, 2.75) is 9.79 Å². The minimum absolute atomic E-state index is 0.0138. The maximum Gasteiger partial charge on any atom is 0.271 e. The molecule has 0 aliphatic carbocycles. The maximum absolute atomic E-state index is 11.2. The van der Waals surface area contributed by atoms with Crippen LogP contribution in [0, 0.1) is 10.1 Å². The summed E-state index contributed by atoms with van der Waals surface area (Å²) in [5.74, 6) is 1.14. The van der Waals surface area contributed by atoms with Gasteiger partial charge in [-0.3, -0.25) is 10.1 Å². The monoisotopic (exact) mass is 397 g/mol. The number of para-hydroxylation sites is 1. The summed E-state index contributed by atoms with van der Waals surface area (Å²) in [7, 11) is 0. The van der Waals surface area contributed by atoms with Gasteiger partial charge in [0, 0.05) is 27.8 Å². The number of ether oxygens (including phenoxy) is 1. The Hall–Kier alpha value is -3.71. The molecule has 0 saturated carbocycles. The molecular weight excluding hydrogens is 386 g/mol. The summed E-state index contributed by atoms with van der Waals surface area (Å²) in [4.78, 5) is 22.4. The van der Waals surface area contributed by atoms with Crippen molar-refractivity contribution >= 4 is 39.6 Å². The van der Waals surface area contributed by atoms with E-state index in [1.54, 1.807) is 17.8 Å². The summed E-state index contributed by atoms with van der Waals surface area (Å²) in [5, 5.41) is 14.6. The Kier molecular flexibility index (Phi) is 3.30. The van der Waals surface area contributed by atoms with Gasteiger partial charge in [0.25, 0.3) is 5.69 Å². The van der Waals surface area contributed by atoms with Gasteiger partial charge < -0.3 is 4.74 Å². The molecule has 6 nitrogen and oxygen atoms in total. The Morgan fingerprint density at radius 3 is 2.41 bits per heavy atom. The van der Waals surface area contributed by atoms with Gasteiger partial charge in [-0.05, 0) is 18.2 Å². The van der Waals surface area contributed by atoms with Crippen LogP contribution in [0.15, 0.2) is 86.5 Å². The lowest BCUT2D eigenvalue weighted by molar-refractivity contribution is -0.384. The molecule has 138 valence electrons. The molecule has 0 bridgehead atoms. The van der Waals surface area contributed by atoms with Crippen LogP contribution in [0.2, 0.25) is 0 Å². The number of nitrogens with zero attached hydrogens (tertiary/aromatic N) is 3. The minimum atomic E-state index is -0.429. The first-order valence-electron chi connectivity index (χ1n) is 8.94. The van der Waals surface area contributed by atoms with Gasteiger partial charge in [-0.15, -0.1) is 0 Å². The third kappa shape index (κ3) is 2.37. The molecule has 0 unspecified atom stereocenters. The molecular formula is C22H11N3O3S. The van der Waals surface area contributed by atoms with E-state index in [1.165, 1.54) is 12.1 Å². The number of hydrogen-bond donors (Lipinski definition) is 0. The van der Waals surface area contributed by atoms with Crippen molar-refractivity contribution in [2.75, 3.05) is 0 Å². The molecule has 2 aliphatic heterocycles. The van der Waals surface area contributed by atoms with Crippen molar-refractivity contribution in [1.29, 1.82) is 0 Å². The molecule has 4 aromatic carbocycles. The molecule has 0 N–H and O–H groups in total. The lowest BCUT2D eigenvalue weighted by Crippen LogP contribution is -2.21. The molecule has 4 aromatic rings. The highest BCUT2D eigenvalue weighted by Gasteiger charge is 2.25. The van der Waals surface area contributed by atoms with Crippen LogP contribution in [-0.2, 0) is 0 Å². The van der Waals surface area contributed by atoms with E-state index in [2.05, 4.69) is 0 Å². The van der Waals surface area contributed by atoms with Crippen LogP contribution in [0.1, 0.15) is 0 Å². The average molecular weight is 397 g/mol. The predicted molar refractivity (Wildman–Crippen MR) is 109 cm³/mol. The van der Waals surface area contributed by atoms with E-state index < -0.39 is 4.92 Å². The minimum Gasteiger partial charge on any atom is -0.452 e. The van der Waals surface area contributed by atoms with Gasteiger partial charge in [0.05, 0.1) is 20.9 Å². The third-order valence-electron chi connectivity index (χ3n) is 4.98. The topological polar surface area (TPSA) is 77.1 Å². The van der Waals surface area contributed by atoms with Gasteiger partial charge in [-0.25, -0.2) is 9.98 Å². The van der Waals surface area contributed by atoms with Crippen molar-refractivity contribution in [3.8, 4) is 11.5 Å². The van der Waals surface area contributed by atoms with E-state index in [0.29, 0.717) is 22.5 Å². The lowest BCUT2D eigenvalue weighted by atomic mass is 10.1. The molecule has 7 heteroatoms. The Morgan fingerprint density at radius 1 is 0.862 bits per heavy atom. The van der Waals surface area contributed by atoms with Gasteiger partial charge in [-0.2, -0.15) is 0 Å². The van der Waals surface area contributed by atoms with E-state index in [4.69, 9.17) is 14.7 Å². The van der Waals surface area contributed by atoms with Crippen molar-refractivity contribution in [1.82, 2.24) is 0 Å². The number of non-ortho nitro benzene ring substituents is 1. The summed E-state index contributed by atoms with van der Waals surface area (Å²) in [6, 6.07) is 20.4. The van der Waals surface area contributed by atoms with Gasteiger partial charge in [0.15, 0.2) is 11.5 Å². The molecule has 29 heavy (non-hydrogen) atoms. The van der Waals surface area contributed by atoms with Crippen LogP contribution in [0.25, 0.3) is 10.8 Å². The van der Waals surface area contributed by atoms with Crippen LogP contribution in [0.4, 0.5) is 17.1 Å². The first kappa shape index (κ1) is 16.3. The summed E-state index contributed by atoms with van der Waals surface area (Å²) in [6.07, 6.45) is 0. The number of rotatable bonds is 1. The fourth-order valence-electron chi connectivity index (χ4n) is 3.66. The molecule has 0 radical (unpaired) electrons. The average Bonchev–Trinajstić information content (AvgIpc) is 2.76. The van der Waals surface area contributed by atoms with Gasteiger partial charge in [-0.1, -0.05) is 48.2 Å². The van der Waals surface area contributed by atoms with Crippen molar-refractivity contribution in [3.05, 3.63) is 87.6 Å². The zero-order valence-corrected chi connectivity index (χ0v) is 15.6. The predicted octanol–water partition coefficient (Wildman–Crippen LogP) is 5.22. The number of benzene rings is 4. The normalized spacial score (nSPS) is 13.1. The summed E-state index contributed by atoms with van der Waals surface area (Å²) in [5.41, 5.74) is 1.37. The van der Waals surface area contributed by atoms with Crippen LogP contribution < -0.4 is 15.5 Å². The Balaban J connectivity index is 1.74. The second kappa shape index (κ2) is 5.89. The highest BCUT2D eigenvalue weighted by molar-refractivity contribution is 7.99. The fraction of sp³-hybridized carbons (Fsp3) is 0. The number of nitro groups is 1. The van der Waals surface area contributed by atoms with Crippen molar-refractivity contribution in [3.63, 3.8) is 0 Å². The SMILES string of the molecule is O=[N+]([O-])c1ccc2c(c1)N=c1c(c3c(c4ccccc14)=Nc1ccccc1S3)O2. The second-order valence-electron chi connectivity index (χ2n) is 6.71. The van der Waals surface area contributed by atoms with E-state index in [-0.39, 0.29) is 5.69 Å². The quantitative estimate of drug-likeness (QED) is 0.281. The summed E-state index contributed by atoms with van der Waals surface area (Å²) >= 11 is 1.61. The summed E-state index contributed by atoms with van der Waals surface area (Å²) < 4.78 is 6.24. The van der Waals surface area contributed by atoms with Crippen molar-refractivity contribution < 1.29 is 9.66 Å². The molecule has 6 rings (SSSR count). The van der Waals surface area contributed by atoms with E-state index in [0.717, 1.165) is 31.6 Å². The highest BCUT2D eigenvalue weighted by Crippen LogP contribution is 2.44. The summed E-state index contributed by atoms with van der Waals surface area (Å²) in [6.45, 7) is 0. The first-order valence-corrected chi connectivity index (χ1v) is 9.76. The van der Waals surface area contributed by atoms with E-state index >= 15 is 0 Å². The molecule has 0 fully saturated rings. The number of nitro benzene ring substituents is 1. The van der Waals surface area contributed by atoms with Crippen LogP contribution in [0.3, 0.4) is 0 Å². The van der Waals surface area contributed by atoms with Gasteiger partial charge in [0.2, 0.25) is 0 Å². The van der Waals surface area contributed by atoms with Crippen LogP contribution >= 0.6 is 11.8 Å². The Bertz CT molecular complexity index is 1500. The number of hydrogen-bond acceptors (Lipinski definition) is 6. The van der Waals surface area contributed by atoms with Gasteiger partial charge >= 0.3 is 0 Å². The molecule has 2 heterocycles. The first-order chi connectivity index (χ1) is 14.2. The molecule has 0 amide bonds. The van der Waals surface area contributed by atoms with E-state index in [1.807, 2.05) is 48.5 Å². The Morgan fingerprint density at radius 2 is 1.59 bits per heavy atom. The maximum atomic E-state index is 11.2. The third-order valence-corrected chi connectivity index (χ3v) is 6.13.